The Kier molecular flexibility index (Phi) is 3.66. The molecule has 7 heteroatoms. The lowest BCUT2D eigenvalue weighted by atomic mass is 10.2. The molecule has 0 spiro atoms. The van der Waals surface area contributed by atoms with E-state index in [2.05, 4.69) is 0 Å². The average molecular weight is 285 g/mol. The monoisotopic (exact) mass is 285 g/mol. The molecule has 0 saturated heterocycles. The van der Waals surface area contributed by atoms with Crippen LogP contribution in [0.5, 0.6) is 5.75 Å². The van der Waals surface area contributed by atoms with Crippen LogP contribution in [0, 0.1) is 0 Å². The van der Waals surface area contributed by atoms with Gasteiger partial charge in [-0.1, -0.05) is 19.1 Å². The van der Waals surface area contributed by atoms with Crippen LogP contribution >= 0.6 is 0 Å². The number of benzene rings is 1. The van der Waals surface area contributed by atoms with Crippen LogP contribution in [-0.2, 0) is 14.8 Å². The largest absolute Gasteiger partial charge is 0.478 e. The van der Waals surface area contributed by atoms with Gasteiger partial charge in [-0.25, -0.2) is 13.2 Å². The number of carbonyl (C=O) groups is 1. The molecule has 0 aromatic heterocycles. The molecule has 1 atom stereocenters. The number of aliphatic carboxylic acids is 1. The number of rotatable bonds is 4. The Morgan fingerprint density at radius 3 is 2.79 bits per heavy atom. The highest BCUT2D eigenvalue weighted by Gasteiger charge is 2.35. The normalized spacial score (nSPS) is 18.6. The maximum Gasteiger partial charge on any atom is 0.346 e. The van der Waals surface area contributed by atoms with Crippen LogP contribution in [0.2, 0.25) is 0 Å². The predicted octanol–water partition coefficient (Wildman–Crippen LogP) is 1.08. The van der Waals surface area contributed by atoms with E-state index in [0.29, 0.717) is 12.1 Å². The fourth-order valence-corrected chi connectivity index (χ4v) is 3.51. The fraction of sp³-hybridized carbons (Fsp3) is 0.417. The fourth-order valence-electron chi connectivity index (χ4n) is 1.96. The van der Waals surface area contributed by atoms with E-state index in [4.69, 9.17) is 9.84 Å². The third-order valence-corrected chi connectivity index (χ3v) is 4.75. The van der Waals surface area contributed by atoms with Crippen LogP contribution in [0.1, 0.15) is 13.3 Å². The van der Waals surface area contributed by atoms with E-state index in [1.54, 1.807) is 31.2 Å². The van der Waals surface area contributed by atoms with Crippen LogP contribution in [-0.4, -0.2) is 37.9 Å². The van der Waals surface area contributed by atoms with E-state index in [1.165, 1.54) is 0 Å². The molecule has 1 aromatic carbocycles. The van der Waals surface area contributed by atoms with E-state index in [9.17, 15) is 13.2 Å². The van der Waals surface area contributed by atoms with Gasteiger partial charge >= 0.3 is 5.97 Å². The second kappa shape index (κ2) is 5.08. The van der Waals surface area contributed by atoms with Gasteiger partial charge in [-0.2, -0.15) is 0 Å². The summed E-state index contributed by atoms with van der Waals surface area (Å²) < 4.78 is 30.8. The Morgan fingerprint density at radius 1 is 1.47 bits per heavy atom. The molecule has 1 aromatic rings. The second-order valence-electron chi connectivity index (χ2n) is 4.26. The molecule has 0 bridgehead atoms. The van der Waals surface area contributed by atoms with Crippen molar-refractivity contribution in [2.75, 3.05) is 16.6 Å². The maximum atomic E-state index is 12.2. The maximum absolute atomic E-state index is 12.2. The molecule has 1 aliphatic rings. The summed E-state index contributed by atoms with van der Waals surface area (Å²) in [5, 5.41) is 9.03. The Balaban J connectivity index is 2.45. The van der Waals surface area contributed by atoms with Gasteiger partial charge in [0.25, 0.3) is 0 Å². The minimum Gasteiger partial charge on any atom is -0.478 e. The molecule has 19 heavy (non-hydrogen) atoms. The molecule has 104 valence electrons. The number of ether oxygens (including phenoxy) is 1. The highest BCUT2D eigenvalue weighted by atomic mass is 32.2. The Hall–Kier alpha value is -1.76. The minimum absolute atomic E-state index is 0.0202. The van der Waals surface area contributed by atoms with E-state index < -0.39 is 22.1 Å². The van der Waals surface area contributed by atoms with Crippen molar-refractivity contribution in [3.8, 4) is 5.75 Å². The smallest absolute Gasteiger partial charge is 0.346 e. The molecule has 0 amide bonds. The zero-order chi connectivity index (χ0) is 14.0. The van der Waals surface area contributed by atoms with Crippen molar-refractivity contribution in [3.05, 3.63) is 24.3 Å². The summed E-state index contributed by atoms with van der Waals surface area (Å²) in [6.07, 6.45) is -0.707. The molecule has 0 saturated carbocycles. The van der Waals surface area contributed by atoms with Gasteiger partial charge in [-0.3, -0.25) is 4.31 Å². The lowest BCUT2D eigenvalue weighted by Crippen LogP contribution is -2.47. The molecule has 1 N–H and O–H groups in total. The molecule has 0 aliphatic carbocycles. The van der Waals surface area contributed by atoms with E-state index >= 15 is 0 Å². The van der Waals surface area contributed by atoms with Crippen molar-refractivity contribution in [1.82, 2.24) is 0 Å². The number of carboxylic acid groups (broad SMARTS) is 1. The van der Waals surface area contributed by atoms with E-state index in [1.807, 2.05) is 0 Å². The topological polar surface area (TPSA) is 83.9 Å². The van der Waals surface area contributed by atoms with Gasteiger partial charge in [0.2, 0.25) is 16.1 Å². The van der Waals surface area contributed by atoms with Gasteiger partial charge in [0.1, 0.15) is 5.75 Å². The molecular formula is C12H15NO5S. The van der Waals surface area contributed by atoms with Crippen LogP contribution in [0.15, 0.2) is 24.3 Å². The number of anilines is 1. The van der Waals surface area contributed by atoms with Crippen LogP contribution in [0.4, 0.5) is 5.69 Å². The number of sulfonamides is 1. The quantitative estimate of drug-likeness (QED) is 0.895. The molecule has 6 nitrogen and oxygen atoms in total. The number of carboxylic acids is 1. The molecule has 0 fully saturated rings. The first-order chi connectivity index (χ1) is 8.95. The van der Waals surface area contributed by atoms with Crippen LogP contribution in [0.25, 0.3) is 0 Å². The molecule has 1 heterocycles. The summed E-state index contributed by atoms with van der Waals surface area (Å²) in [5.41, 5.74) is 0.397. The third-order valence-electron chi connectivity index (χ3n) is 2.81. The number of hydrogen-bond donors (Lipinski definition) is 1. The standard InChI is InChI=1S/C12H15NO5S/c1-2-7-19(16,17)13-8-11(12(14)15)18-10-6-4-3-5-9(10)13/h3-6,11H,2,7-8H2,1H3,(H,14,15). The van der Waals surface area contributed by atoms with Crippen LogP contribution in [0.3, 0.4) is 0 Å². The number of fused-ring (bicyclic) bond motifs is 1. The lowest BCUT2D eigenvalue weighted by molar-refractivity contribution is -0.144. The Morgan fingerprint density at radius 2 is 2.16 bits per heavy atom. The van der Waals surface area contributed by atoms with Crippen molar-refractivity contribution < 1.29 is 23.1 Å². The van der Waals surface area contributed by atoms with Gasteiger partial charge in [0.05, 0.1) is 18.0 Å². The van der Waals surface area contributed by atoms with Gasteiger partial charge in [0.15, 0.2) is 0 Å². The first-order valence-electron chi connectivity index (χ1n) is 5.94. The first kappa shape index (κ1) is 13.7. The zero-order valence-electron chi connectivity index (χ0n) is 10.4. The van der Waals surface area contributed by atoms with Gasteiger partial charge < -0.3 is 9.84 Å². The van der Waals surface area contributed by atoms with Crippen molar-refractivity contribution in [2.45, 2.75) is 19.4 Å². The molecular weight excluding hydrogens is 270 g/mol. The number of hydrogen-bond acceptors (Lipinski definition) is 4. The zero-order valence-corrected chi connectivity index (χ0v) is 11.3. The second-order valence-corrected chi connectivity index (χ2v) is 6.27. The molecule has 1 unspecified atom stereocenters. The van der Waals surface area contributed by atoms with E-state index in [0.717, 1.165) is 4.31 Å². The van der Waals surface area contributed by atoms with Gasteiger partial charge in [-0.15, -0.1) is 0 Å². The predicted molar refractivity (Wildman–Crippen MR) is 69.9 cm³/mol. The summed E-state index contributed by atoms with van der Waals surface area (Å²) in [6.45, 7) is 1.56. The van der Waals surface area contributed by atoms with Crippen molar-refractivity contribution in [3.63, 3.8) is 0 Å². The van der Waals surface area contributed by atoms with Crippen molar-refractivity contribution >= 4 is 21.7 Å². The van der Waals surface area contributed by atoms with Crippen molar-refractivity contribution in [2.24, 2.45) is 0 Å². The number of nitrogens with zero attached hydrogens (tertiary/aromatic N) is 1. The summed E-state index contributed by atoms with van der Waals surface area (Å²) in [5.74, 6) is -0.916. The SMILES string of the molecule is CCCS(=O)(=O)N1CC(C(=O)O)Oc2ccccc21. The Labute approximate surface area is 111 Å². The molecule has 0 radical (unpaired) electrons. The Bertz CT molecular complexity index is 584. The number of para-hydroxylation sites is 2. The summed E-state index contributed by atoms with van der Waals surface area (Å²) >= 11 is 0. The van der Waals surface area contributed by atoms with Crippen LogP contribution < -0.4 is 9.04 Å². The summed E-state index contributed by atoms with van der Waals surface area (Å²) in [4.78, 5) is 11.0. The van der Waals surface area contributed by atoms with E-state index in [-0.39, 0.29) is 18.0 Å². The molecule has 2 rings (SSSR count). The summed E-state index contributed by atoms with van der Waals surface area (Å²) in [7, 11) is -3.52. The summed E-state index contributed by atoms with van der Waals surface area (Å²) in [6, 6.07) is 6.55. The van der Waals surface area contributed by atoms with Gasteiger partial charge in [0, 0.05) is 0 Å². The molecule has 1 aliphatic heterocycles. The highest BCUT2D eigenvalue weighted by Crippen LogP contribution is 2.35. The van der Waals surface area contributed by atoms with Crippen molar-refractivity contribution in [1.29, 1.82) is 0 Å². The first-order valence-corrected chi connectivity index (χ1v) is 7.55. The lowest BCUT2D eigenvalue weighted by Gasteiger charge is -2.33. The minimum atomic E-state index is -3.52. The van der Waals surface area contributed by atoms with Gasteiger partial charge in [-0.05, 0) is 18.6 Å². The highest BCUT2D eigenvalue weighted by molar-refractivity contribution is 7.92. The average Bonchev–Trinajstić information content (AvgIpc) is 2.37. The third kappa shape index (κ3) is 2.65.